The molecule has 0 radical (unpaired) electrons. The maximum absolute atomic E-state index is 13.1. The molecule has 2 saturated heterocycles. The zero-order valence-corrected chi connectivity index (χ0v) is 20.5. The van der Waals surface area contributed by atoms with Crippen LogP contribution in [0.25, 0.3) is 0 Å². The standard InChI is InChI=1S/C25H41N3O3S/c1-2-3-4-5-15-31-22-9-10-23-20(17-22)11-14-27-19-21-8-6-13-28(24(21)18-25(23)27)32(29,30)16-7-12-26/h9-10,17,21,24-25H,2-8,11-16,18-19,26H2,1H3/t21-,24+,25-/m0/s1. The molecule has 3 aliphatic heterocycles. The van der Waals surface area contributed by atoms with Gasteiger partial charge >= 0.3 is 0 Å². The van der Waals surface area contributed by atoms with E-state index in [1.54, 1.807) is 0 Å². The van der Waals surface area contributed by atoms with Crippen molar-refractivity contribution in [3.05, 3.63) is 29.3 Å². The van der Waals surface area contributed by atoms with Gasteiger partial charge in [-0.3, -0.25) is 4.90 Å². The summed E-state index contributed by atoms with van der Waals surface area (Å²) in [5.74, 6) is 1.60. The number of ether oxygens (including phenoxy) is 1. The number of unbranched alkanes of at least 4 members (excludes halogenated alkanes) is 3. The smallest absolute Gasteiger partial charge is 0.214 e. The van der Waals surface area contributed by atoms with Gasteiger partial charge in [0.1, 0.15) is 5.75 Å². The van der Waals surface area contributed by atoms with Crippen molar-refractivity contribution in [1.29, 1.82) is 0 Å². The Morgan fingerprint density at radius 2 is 2.03 bits per heavy atom. The number of nitrogens with zero attached hydrogens (tertiary/aromatic N) is 2. The Morgan fingerprint density at radius 3 is 2.84 bits per heavy atom. The molecule has 2 fully saturated rings. The molecule has 2 N–H and O–H groups in total. The minimum Gasteiger partial charge on any atom is -0.494 e. The normalized spacial score (nSPS) is 26.2. The predicted molar refractivity (Wildman–Crippen MR) is 129 cm³/mol. The first kappa shape index (κ1) is 24.0. The second-order valence-electron chi connectivity index (χ2n) is 9.80. The number of fused-ring (bicyclic) bond motifs is 4. The number of hydrogen-bond acceptors (Lipinski definition) is 5. The summed E-state index contributed by atoms with van der Waals surface area (Å²) in [6.07, 6.45) is 9.44. The number of rotatable bonds is 10. The fraction of sp³-hybridized carbons (Fsp3) is 0.760. The summed E-state index contributed by atoms with van der Waals surface area (Å²) in [5, 5.41) is 0. The molecule has 3 atom stereocenters. The molecule has 6 nitrogen and oxygen atoms in total. The van der Waals surface area contributed by atoms with Crippen LogP contribution in [0.4, 0.5) is 0 Å². The highest BCUT2D eigenvalue weighted by atomic mass is 32.2. The molecule has 0 saturated carbocycles. The Bertz CT molecular complexity index is 860. The van der Waals surface area contributed by atoms with E-state index in [1.165, 1.54) is 30.4 Å². The first-order valence-electron chi connectivity index (χ1n) is 12.7. The molecule has 1 aromatic carbocycles. The van der Waals surface area contributed by atoms with Gasteiger partial charge in [0.25, 0.3) is 0 Å². The maximum Gasteiger partial charge on any atom is 0.214 e. The first-order valence-corrected chi connectivity index (χ1v) is 14.3. The van der Waals surface area contributed by atoms with E-state index in [0.29, 0.717) is 31.5 Å². The lowest BCUT2D eigenvalue weighted by Crippen LogP contribution is -2.57. The zero-order valence-electron chi connectivity index (χ0n) is 19.7. The number of sulfonamides is 1. The molecule has 0 aromatic heterocycles. The molecule has 0 aliphatic carbocycles. The number of nitrogens with two attached hydrogens (primary N) is 1. The lowest BCUT2D eigenvalue weighted by Gasteiger charge is -2.51. The Kier molecular flexibility index (Phi) is 8.13. The van der Waals surface area contributed by atoms with Crippen molar-refractivity contribution in [2.24, 2.45) is 11.7 Å². The van der Waals surface area contributed by atoms with E-state index in [9.17, 15) is 8.42 Å². The molecule has 32 heavy (non-hydrogen) atoms. The number of piperidine rings is 2. The largest absolute Gasteiger partial charge is 0.494 e. The molecule has 3 heterocycles. The van der Waals surface area contributed by atoms with Gasteiger partial charge in [0.15, 0.2) is 0 Å². The molecule has 7 heteroatoms. The molecule has 0 spiro atoms. The van der Waals surface area contributed by atoms with Crippen LogP contribution in [0.3, 0.4) is 0 Å². The van der Waals surface area contributed by atoms with Crippen LogP contribution in [0.5, 0.6) is 5.75 Å². The lowest BCUT2D eigenvalue weighted by atomic mass is 9.77. The van der Waals surface area contributed by atoms with Gasteiger partial charge in [-0.2, -0.15) is 4.31 Å². The minimum atomic E-state index is -3.24. The van der Waals surface area contributed by atoms with E-state index in [1.807, 2.05) is 4.31 Å². The van der Waals surface area contributed by atoms with Crippen LogP contribution in [-0.2, 0) is 16.4 Å². The van der Waals surface area contributed by atoms with Crippen molar-refractivity contribution < 1.29 is 13.2 Å². The van der Waals surface area contributed by atoms with E-state index in [2.05, 4.69) is 30.0 Å². The van der Waals surface area contributed by atoms with Gasteiger partial charge in [-0.15, -0.1) is 0 Å². The lowest BCUT2D eigenvalue weighted by molar-refractivity contribution is 0.0219. The molecule has 0 unspecified atom stereocenters. The molecule has 4 rings (SSSR count). The van der Waals surface area contributed by atoms with Gasteiger partial charge in [-0.25, -0.2) is 8.42 Å². The quantitative estimate of drug-likeness (QED) is 0.536. The summed E-state index contributed by atoms with van der Waals surface area (Å²) in [7, 11) is -3.24. The monoisotopic (exact) mass is 463 g/mol. The van der Waals surface area contributed by atoms with Crippen LogP contribution < -0.4 is 10.5 Å². The Balaban J connectivity index is 1.46. The van der Waals surface area contributed by atoms with Crippen LogP contribution in [-0.4, -0.2) is 62.2 Å². The molecule has 0 bridgehead atoms. The topological polar surface area (TPSA) is 75.9 Å². The zero-order chi connectivity index (χ0) is 22.6. The summed E-state index contributed by atoms with van der Waals surface area (Å²) in [6, 6.07) is 7.02. The second kappa shape index (κ2) is 10.9. The fourth-order valence-electron chi connectivity index (χ4n) is 5.93. The van der Waals surface area contributed by atoms with E-state index >= 15 is 0 Å². The van der Waals surface area contributed by atoms with Crippen LogP contribution in [0, 0.1) is 5.92 Å². The summed E-state index contributed by atoms with van der Waals surface area (Å²) in [4.78, 5) is 2.60. The molecular formula is C25H41N3O3S. The fourth-order valence-corrected chi connectivity index (χ4v) is 7.77. The van der Waals surface area contributed by atoms with E-state index in [4.69, 9.17) is 10.5 Å². The maximum atomic E-state index is 13.1. The van der Waals surface area contributed by atoms with Crippen molar-refractivity contribution in [3.63, 3.8) is 0 Å². The predicted octanol–water partition coefficient (Wildman–Crippen LogP) is 3.71. The van der Waals surface area contributed by atoms with Crippen molar-refractivity contribution in [2.75, 3.05) is 38.5 Å². The number of benzene rings is 1. The van der Waals surface area contributed by atoms with Crippen molar-refractivity contribution in [1.82, 2.24) is 9.21 Å². The average molecular weight is 464 g/mol. The molecule has 180 valence electrons. The van der Waals surface area contributed by atoms with Gasteiger partial charge in [0, 0.05) is 31.7 Å². The summed E-state index contributed by atoms with van der Waals surface area (Å²) in [6.45, 7) is 6.16. The van der Waals surface area contributed by atoms with Gasteiger partial charge in [-0.1, -0.05) is 32.3 Å². The van der Waals surface area contributed by atoms with Gasteiger partial charge in [0.05, 0.1) is 12.4 Å². The number of hydrogen-bond donors (Lipinski definition) is 1. The third-order valence-electron chi connectivity index (χ3n) is 7.61. The van der Waals surface area contributed by atoms with E-state index in [-0.39, 0.29) is 11.8 Å². The Labute approximate surface area is 194 Å². The second-order valence-corrected chi connectivity index (χ2v) is 11.8. The SMILES string of the molecule is CCCCCCOc1ccc2c(c1)CCN1C[C@@H]3CCCN(S(=O)(=O)CCCN)[C@@H]3C[C@@H]21. The highest BCUT2D eigenvalue weighted by Crippen LogP contribution is 2.44. The highest BCUT2D eigenvalue weighted by Gasteiger charge is 2.45. The van der Waals surface area contributed by atoms with Crippen molar-refractivity contribution in [2.45, 2.75) is 76.8 Å². The van der Waals surface area contributed by atoms with Crippen LogP contribution in [0.15, 0.2) is 18.2 Å². The minimum absolute atomic E-state index is 0.119. The molecule has 1 aromatic rings. The van der Waals surface area contributed by atoms with Crippen molar-refractivity contribution in [3.8, 4) is 5.75 Å². The average Bonchev–Trinajstić information content (AvgIpc) is 2.80. The summed E-state index contributed by atoms with van der Waals surface area (Å²) in [5.41, 5.74) is 8.35. The van der Waals surface area contributed by atoms with Gasteiger partial charge < -0.3 is 10.5 Å². The first-order chi connectivity index (χ1) is 15.5. The molecule has 3 aliphatic rings. The molecule has 0 amide bonds. The van der Waals surface area contributed by atoms with Gasteiger partial charge in [-0.05, 0) is 74.2 Å². The van der Waals surface area contributed by atoms with Crippen LogP contribution >= 0.6 is 0 Å². The van der Waals surface area contributed by atoms with Crippen LogP contribution in [0.2, 0.25) is 0 Å². The van der Waals surface area contributed by atoms with E-state index < -0.39 is 10.0 Å². The van der Waals surface area contributed by atoms with Crippen LogP contribution in [0.1, 0.15) is 75.5 Å². The third kappa shape index (κ3) is 5.32. The van der Waals surface area contributed by atoms with Crippen molar-refractivity contribution >= 4 is 10.0 Å². The Hall–Kier alpha value is -1.15. The summed E-state index contributed by atoms with van der Waals surface area (Å²) >= 11 is 0. The molecular weight excluding hydrogens is 422 g/mol. The highest BCUT2D eigenvalue weighted by molar-refractivity contribution is 7.89. The van der Waals surface area contributed by atoms with E-state index in [0.717, 1.165) is 57.6 Å². The third-order valence-corrected chi connectivity index (χ3v) is 9.59. The Morgan fingerprint density at radius 1 is 1.16 bits per heavy atom. The summed E-state index contributed by atoms with van der Waals surface area (Å²) < 4.78 is 34.0. The van der Waals surface area contributed by atoms with Gasteiger partial charge in [0.2, 0.25) is 10.0 Å².